The zero-order valence-corrected chi connectivity index (χ0v) is 19.3. The number of nitrogens with one attached hydrogen (secondary N) is 2. The first-order valence-electron chi connectivity index (χ1n) is 10.2. The van der Waals surface area contributed by atoms with E-state index in [4.69, 9.17) is 11.6 Å². The van der Waals surface area contributed by atoms with Gasteiger partial charge in [0, 0.05) is 16.7 Å². The molecule has 0 spiro atoms. The van der Waals surface area contributed by atoms with Crippen LogP contribution in [0.2, 0.25) is 5.02 Å². The number of para-hydroxylation sites is 2. The molecule has 0 aromatic heterocycles. The Labute approximate surface area is 202 Å². The van der Waals surface area contributed by atoms with Gasteiger partial charge in [0.1, 0.15) is 4.90 Å². The van der Waals surface area contributed by atoms with Crippen LogP contribution < -0.4 is 10.0 Å². The van der Waals surface area contributed by atoms with Crippen LogP contribution in [0.15, 0.2) is 108 Å². The van der Waals surface area contributed by atoms with Crippen molar-refractivity contribution in [3.63, 3.8) is 0 Å². The van der Waals surface area contributed by atoms with Gasteiger partial charge in [-0.3, -0.25) is 14.3 Å². The summed E-state index contributed by atoms with van der Waals surface area (Å²) in [6.45, 7) is 0. The van der Waals surface area contributed by atoms with Gasteiger partial charge in [-0.15, -0.1) is 0 Å². The van der Waals surface area contributed by atoms with Crippen LogP contribution in [0.1, 0.15) is 26.3 Å². The fraction of sp³-hybridized carbons (Fsp3) is 0. The Bertz CT molecular complexity index is 1460. The second-order valence-corrected chi connectivity index (χ2v) is 9.31. The maximum Gasteiger partial charge on any atom is 0.263 e. The summed E-state index contributed by atoms with van der Waals surface area (Å²) in [5.41, 5.74) is 1.31. The van der Waals surface area contributed by atoms with E-state index in [2.05, 4.69) is 10.0 Å². The molecule has 4 rings (SSSR count). The van der Waals surface area contributed by atoms with E-state index in [0.29, 0.717) is 11.1 Å². The summed E-state index contributed by atoms with van der Waals surface area (Å²) in [5.74, 6) is -0.779. The quantitative estimate of drug-likeness (QED) is 0.329. The molecule has 0 bridgehead atoms. The van der Waals surface area contributed by atoms with Gasteiger partial charge in [0.05, 0.1) is 16.4 Å². The van der Waals surface area contributed by atoms with Crippen molar-refractivity contribution in [2.24, 2.45) is 0 Å². The van der Waals surface area contributed by atoms with E-state index in [1.807, 2.05) is 0 Å². The van der Waals surface area contributed by atoms with Crippen LogP contribution in [0.25, 0.3) is 0 Å². The lowest BCUT2D eigenvalue weighted by Gasteiger charge is -2.15. The molecule has 8 heteroatoms. The van der Waals surface area contributed by atoms with Crippen molar-refractivity contribution in [3.8, 4) is 0 Å². The number of anilines is 2. The first-order chi connectivity index (χ1) is 16.4. The van der Waals surface area contributed by atoms with Crippen molar-refractivity contribution in [2.75, 3.05) is 10.0 Å². The number of carbonyl (C=O) groups excluding carboxylic acids is 2. The lowest BCUT2D eigenvalue weighted by molar-refractivity contribution is 0.102. The monoisotopic (exact) mass is 490 g/mol. The Morgan fingerprint density at radius 3 is 1.85 bits per heavy atom. The van der Waals surface area contributed by atoms with Crippen molar-refractivity contribution in [1.29, 1.82) is 0 Å². The number of amides is 1. The molecule has 4 aromatic rings. The SMILES string of the molecule is O=C(Nc1ccccc1NS(=O)(=O)c1cccc(C(=O)c2ccccc2)c1Cl)c1ccccc1. The fourth-order valence-corrected chi connectivity index (χ4v) is 5.00. The maximum atomic E-state index is 13.2. The van der Waals surface area contributed by atoms with Gasteiger partial charge < -0.3 is 5.32 Å². The summed E-state index contributed by atoms with van der Waals surface area (Å²) in [5, 5.41) is 2.53. The van der Waals surface area contributed by atoms with E-state index in [-0.39, 0.29) is 32.8 Å². The van der Waals surface area contributed by atoms with Gasteiger partial charge in [-0.2, -0.15) is 0 Å². The van der Waals surface area contributed by atoms with Gasteiger partial charge in [-0.25, -0.2) is 8.42 Å². The standard InChI is InChI=1S/C26H19ClN2O4S/c27-24-20(25(30)18-10-3-1-4-11-18)14-9-17-23(24)34(32,33)29-22-16-8-7-15-21(22)28-26(31)19-12-5-2-6-13-19/h1-17,29H,(H,28,31). The third-order valence-electron chi connectivity index (χ3n) is 4.99. The van der Waals surface area contributed by atoms with Crippen molar-refractivity contribution in [1.82, 2.24) is 0 Å². The Morgan fingerprint density at radius 2 is 1.21 bits per heavy atom. The number of sulfonamides is 1. The zero-order chi connectivity index (χ0) is 24.1. The summed E-state index contributed by atoms with van der Waals surface area (Å²) in [4.78, 5) is 25.2. The molecule has 0 saturated carbocycles. The molecule has 0 saturated heterocycles. The van der Waals surface area contributed by atoms with Crippen LogP contribution in [0.5, 0.6) is 0 Å². The molecule has 2 N–H and O–H groups in total. The first-order valence-corrected chi connectivity index (χ1v) is 12.1. The number of benzene rings is 4. The van der Waals surface area contributed by atoms with Crippen LogP contribution in [-0.2, 0) is 10.0 Å². The highest BCUT2D eigenvalue weighted by Gasteiger charge is 2.24. The minimum Gasteiger partial charge on any atom is -0.320 e. The molecule has 0 fully saturated rings. The molecule has 0 heterocycles. The third-order valence-corrected chi connectivity index (χ3v) is 6.92. The highest BCUT2D eigenvalue weighted by molar-refractivity contribution is 7.92. The second-order valence-electron chi connectivity index (χ2n) is 7.28. The molecule has 0 atom stereocenters. The summed E-state index contributed by atoms with van der Waals surface area (Å²) in [7, 11) is -4.19. The van der Waals surface area contributed by atoms with Gasteiger partial charge in [0.15, 0.2) is 5.78 Å². The molecule has 0 aliphatic carbocycles. The number of carbonyl (C=O) groups is 2. The average Bonchev–Trinajstić information content (AvgIpc) is 2.85. The predicted molar refractivity (Wildman–Crippen MR) is 133 cm³/mol. The normalized spacial score (nSPS) is 11.0. The van der Waals surface area contributed by atoms with Gasteiger partial charge >= 0.3 is 0 Å². The number of ketones is 1. The number of rotatable bonds is 7. The third kappa shape index (κ3) is 5.01. The van der Waals surface area contributed by atoms with Crippen LogP contribution >= 0.6 is 11.6 Å². The Balaban J connectivity index is 1.64. The molecular weight excluding hydrogens is 472 g/mol. The highest BCUT2D eigenvalue weighted by Crippen LogP contribution is 2.31. The summed E-state index contributed by atoms with van der Waals surface area (Å²) in [6.07, 6.45) is 0. The minimum atomic E-state index is -4.19. The Morgan fingerprint density at radius 1 is 0.647 bits per heavy atom. The van der Waals surface area contributed by atoms with E-state index < -0.39 is 15.8 Å². The van der Waals surface area contributed by atoms with Gasteiger partial charge in [0.2, 0.25) is 0 Å². The van der Waals surface area contributed by atoms with E-state index in [9.17, 15) is 18.0 Å². The number of halogens is 1. The van der Waals surface area contributed by atoms with E-state index in [1.165, 1.54) is 24.3 Å². The van der Waals surface area contributed by atoms with E-state index in [0.717, 1.165) is 0 Å². The molecule has 0 unspecified atom stereocenters. The topological polar surface area (TPSA) is 92.3 Å². The van der Waals surface area contributed by atoms with Crippen LogP contribution in [0.3, 0.4) is 0 Å². The maximum absolute atomic E-state index is 13.2. The van der Waals surface area contributed by atoms with Crippen molar-refractivity contribution in [3.05, 3.63) is 125 Å². The highest BCUT2D eigenvalue weighted by atomic mass is 35.5. The van der Waals surface area contributed by atoms with Crippen LogP contribution in [0.4, 0.5) is 11.4 Å². The first kappa shape index (κ1) is 23.2. The van der Waals surface area contributed by atoms with Crippen LogP contribution in [-0.4, -0.2) is 20.1 Å². The minimum absolute atomic E-state index is 0.0707. The number of hydrogen-bond donors (Lipinski definition) is 2. The summed E-state index contributed by atoms with van der Waals surface area (Å²) < 4.78 is 28.9. The van der Waals surface area contributed by atoms with E-state index in [1.54, 1.807) is 78.9 Å². The Hall–Kier alpha value is -3.94. The molecule has 0 radical (unpaired) electrons. The van der Waals surface area contributed by atoms with Gasteiger partial charge in [-0.1, -0.05) is 78.3 Å². The summed E-state index contributed by atoms with van der Waals surface area (Å²) >= 11 is 6.40. The average molecular weight is 491 g/mol. The molecular formula is C26H19ClN2O4S. The van der Waals surface area contributed by atoms with Crippen molar-refractivity contribution >= 4 is 44.7 Å². The smallest absolute Gasteiger partial charge is 0.263 e. The lowest BCUT2D eigenvalue weighted by Crippen LogP contribution is -2.18. The Kier molecular flexibility index (Phi) is 6.77. The van der Waals surface area contributed by atoms with E-state index >= 15 is 0 Å². The number of hydrogen-bond acceptors (Lipinski definition) is 4. The summed E-state index contributed by atoms with van der Waals surface area (Å²) in [6, 6.07) is 27.7. The zero-order valence-electron chi connectivity index (χ0n) is 17.7. The molecule has 1 amide bonds. The fourth-order valence-electron chi connectivity index (χ4n) is 3.30. The molecule has 0 aliphatic heterocycles. The molecule has 0 aliphatic rings. The lowest BCUT2D eigenvalue weighted by atomic mass is 10.0. The molecule has 4 aromatic carbocycles. The van der Waals surface area contributed by atoms with Gasteiger partial charge in [-0.05, 0) is 36.4 Å². The van der Waals surface area contributed by atoms with Crippen LogP contribution in [0, 0.1) is 0 Å². The van der Waals surface area contributed by atoms with Crippen molar-refractivity contribution < 1.29 is 18.0 Å². The molecule has 6 nitrogen and oxygen atoms in total. The van der Waals surface area contributed by atoms with Crippen molar-refractivity contribution in [2.45, 2.75) is 4.90 Å². The molecule has 170 valence electrons. The predicted octanol–water partition coefficient (Wildman–Crippen LogP) is 5.62. The largest absolute Gasteiger partial charge is 0.320 e. The molecule has 34 heavy (non-hydrogen) atoms. The van der Waals surface area contributed by atoms with Gasteiger partial charge in [0.25, 0.3) is 15.9 Å². The second kappa shape index (κ2) is 9.91.